The molecule has 0 bridgehead atoms. The van der Waals surface area contributed by atoms with Gasteiger partial charge in [0.15, 0.2) is 5.65 Å². The van der Waals surface area contributed by atoms with Crippen LogP contribution in [0.4, 0.5) is 0 Å². The van der Waals surface area contributed by atoms with Crippen molar-refractivity contribution in [1.29, 1.82) is 0 Å². The third kappa shape index (κ3) is 28.1. The van der Waals surface area contributed by atoms with Gasteiger partial charge in [-0.15, -0.1) is 11.3 Å². The number of nitrogens with zero attached hydrogens (tertiary/aromatic N) is 20. The standard InChI is InChI=1S/C8H7N.C8H6O.C8H6S.10C7H6N2.3C6H5N3/c3*1-2-4-8-7(3-1)5-6-9-8;1-4-9-7-2-3-8-5-6(1)7;1-3-8-5-7-6(1)2-4-9-7;2*1-2-8-4-7-5-9-3-6(1)7;1-2-6-7(8-4-1)3-5-9-6;1-2-6-3-5-9-7(6)8-4-1;2*1-2-6-4-8-5-7(6)9-3-1;2*1-2-4-7-6(3-1)8-5-9-7;1-2-7-3-6-5(1)8-4-9-6;1-2-5-6(7-3-1)9-4-8-5;1-2-4-6-5(3-1)7-9-8-6/h1-6,9H;2*1-6H;2*1-5,9H;1-2,4-5H,3H2;1-4H,5H2;1-5,9H;1-5H,(H,8,9);1-3,5H,4H2;1-4H,5H2;2*1-5H,(H,8,9);1-4H,(H,8,9);2*1-4H,(H,7,8,9). The lowest BCUT2D eigenvalue weighted by atomic mass is 10.2. The monoisotopic (exact) mass is 1910 g/mol. The minimum atomic E-state index is 0.760. The molecule has 31 nitrogen and oxygen atoms in total. The highest BCUT2D eigenvalue weighted by atomic mass is 32.1. The van der Waals surface area contributed by atoms with E-state index in [2.05, 4.69) is 210 Å². The molecule has 0 spiro atoms. The van der Waals surface area contributed by atoms with Gasteiger partial charge >= 0.3 is 0 Å². The Morgan fingerprint density at radius 1 is 0.250 bits per heavy atom. The number of imidazole rings is 4. The summed E-state index contributed by atoms with van der Waals surface area (Å²) in [6, 6.07) is 91.7. The quantitative estimate of drug-likeness (QED) is 0.0674. The molecular weight excluding hydrogens is 1810 g/mol. The van der Waals surface area contributed by atoms with Gasteiger partial charge in [0.2, 0.25) is 0 Å². The molecule has 0 unspecified atom stereocenters. The summed E-state index contributed by atoms with van der Waals surface area (Å²) in [6.07, 6.45) is 52.2. The van der Waals surface area contributed by atoms with Gasteiger partial charge in [-0.2, -0.15) is 15.4 Å². The van der Waals surface area contributed by atoms with Gasteiger partial charge in [-0.25, -0.2) is 29.9 Å². The lowest BCUT2D eigenvalue weighted by Gasteiger charge is -1.90. The number of hydrogen-bond donors (Lipinski definition) is 10. The average Bonchev–Trinajstić information content (AvgIpc) is 1.91. The first kappa shape index (κ1) is 95.7. The Hall–Kier alpha value is -20.0. The van der Waals surface area contributed by atoms with E-state index >= 15 is 0 Å². The number of pyridine rings is 10. The second kappa shape index (κ2) is 51.8. The molecule has 10 N–H and O–H groups in total. The van der Waals surface area contributed by atoms with Gasteiger partial charge in [-0.05, 0) is 198 Å². The van der Waals surface area contributed by atoms with Gasteiger partial charge in [0.1, 0.15) is 22.3 Å². The van der Waals surface area contributed by atoms with Gasteiger partial charge in [0.05, 0.1) is 137 Å². The highest BCUT2D eigenvalue weighted by Gasteiger charge is 2.08. The lowest BCUT2D eigenvalue weighted by Crippen LogP contribution is -1.85. The van der Waals surface area contributed by atoms with E-state index in [4.69, 9.17) is 4.42 Å². The van der Waals surface area contributed by atoms with Crippen molar-refractivity contribution in [3.8, 4) is 0 Å². The van der Waals surface area contributed by atoms with Crippen LogP contribution in [0.3, 0.4) is 0 Å². The van der Waals surface area contributed by atoms with E-state index in [1.807, 2.05) is 305 Å². The molecule has 0 saturated carbocycles. The number of nitrogens with one attached hydrogen (secondary N) is 10. The molecule has 6 aromatic carbocycles. The Bertz CT molecular complexity index is 6810. The molecule has 0 aliphatic carbocycles. The third-order valence-electron chi connectivity index (χ3n) is 21.5. The van der Waals surface area contributed by atoms with E-state index in [1.54, 1.807) is 111 Å². The fraction of sp³-hybridized carbons (Fsp3) is 0.0357. The average molecular weight is 1910 g/mol. The Kier molecular flexibility index (Phi) is 34.4. The summed E-state index contributed by atoms with van der Waals surface area (Å²) in [5.74, 6) is 0. The number of benzene rings is 6. The summed E-state index contributed by atoms with van der Waals surface area (Å²) < 4.78 is 6.49. The van der Waals surface area contributed by atoms with Gasteiger partial charge < -0.3 is 49.3 Å². The number of rotatable bonds is 0. The van der Waals surface area contributed by atoms with Crippen molar-refractivity contribution in [2.75, 3.05) is 0 Å². The number of aromatic nitrogens is 26. The number of aliphatic imine (C=N–C) groups is 4. The van der Waals surface area contributed by atoms with E-state index < -0.39 is 0 Å². The van der Waals surface area contributed by atoms with Crippen molar-refractivity contribution in [3.63, 3.8) is 0 Å². The van der Waals surface area contributed by atoms with Crippen molar-refractivity contribution in [2.45, 2.75) is 26.2 Å². The SMILES string of the molecule is C1=NCc2cccnc21.C1=NCc2ccncc21.C1=NCc2cnccc21.C1=NCc2ncccc21.c1cc2[nH]ccc2cn1.c1cc2cc[nH]c2cn1.c1cc2nc[nH]c2cn1.c1ccc2[nH]ccc2c1.c1ccc2[nH]cnc2c1.c1ccc2[nH]cnc2c1.c1ccc2n[nH]nc2c1.c1ccc2occc2c1.c1ccc2sccc2c1.c1cnc2[nH]ccc2c1.c1cnc2cc[nH]c2c1.c1cnc2nc[nH]c2c1. The van der Waals surface area contributed by atoms with Crippen molar-refractivity contribution < 1.29 is 4.42 Å². The summed E-state index contributed by atoms with van der Waals surface area (Å²) >= 11 is 1.79. The van der Waals surface area contributed by atoms with Crippen LogP contribution < -0.4 is 0 Å². The molecule has 4 aliphatic rings. The van der Waals surface area contributed by atoms with E-state index in [9.17, 15) is 0 Å². The summed E-state index contributed by atoms with van der Waals surface area (Å²) in [7, 11) is 0. The summed E-state index contributed by atoms with van der Waals surface area (Å²) in [5.41, 5.74) is 26.7. The van der Waals surface area contributed by atoms with Gasteiger partial charge in [-0.1, -0.05) is 103 Å². The molecule has 0 saturated heterocycles. The highest BCUT2D eigenvalue weighted by molar-refractivity contribution is 7.17. The maximum atomic E-state index is 5.12. The van der Waals surface area contributed by atoms with Crippen molar-refractivity contribution in [2.24, 2.45) is 20.0 Å². The molecule has 22 aromatic heterocycles. The number of hydrogen-bond acceptors (Lipinski definition) is 22. The smallest absolute Gasteiger partial charge is 0.177 e. The van der Waals surface area contributed by atoms with E-state index in [0.717, 1.165) is 153 Å². The maximum Gasteiger partial charge on any atom is 0.177 e. The minimum absolute atomic E-state index is 0.760. The van der Waals surface area contributed by atoms with Crippen LogP contribution in [0.1, 0.15) is 44.8 Å². The summed E-state index contributed by atoms with van der Waals surface area (Å²) in [4.78, 5) is 99.8. The maximum absolute atomic E-state index is 5.12. The summed E-state index contributed by atoms with van der Waals surface area (Å²) in [5, 5.41) is 19.7. The summed E-state index contributed by atoms with van der Waals surface area (Å²) in [6.45, 7) is 3.21. The second-order valence-corrected chi connectivity index (χ2v) is 32.0. The van der Waals surface area contributed by atoms with Crippen LogP contribution in [0.2, 0.25) is 0 Å². The predicted molar refractivity (Wildman–Crippen MR) is 577 cm³/mol. The van der Waals surface area contributed by atoms with Crippen molar-refractivity contribution in [1.82, 2.24) is 130 Å². The van der Waals surface area contributed by atoms with Crippen LogP contribution in [0.15, 0.2) is 464 Å². The molecule has 0 radical (unpaired) electrons. The Morgan fingerprint density at radius 3 is 1.47 bits per heavy atom. The molecule has 26 heterocycles. The highest BCUT2D eigenvalue weighted by Crippen LogP contribution is 2.22. The minimum Gasteiger partial charge on any atom is -0.464 e. The Balaban J connectivity index is 0.000000105. The first-order chi connectivity index (χ1) is 71.5. The second-order valence-electron chi connectivity index (χ2n) is 31.0. The van der Waals surface area contributed by atoms with E-state index in [0.29, 0.717) is 0 Å². The van der Waals surface area contributed by atoms with Crippen LogP contribution in [0.25, 0.3) is 131 Å². The fourth-order valence-corrected chi connectivity index (χ4v) is 15.0. The predicted octanol–water partition coefficient (Wildman–Crippen LogP) is 23.8. The zero-order valence-electron chi connectivity index (χ0n) is 77.5. The first-order valence-corrected chi connectivity index (χ1v) is 46.4. The molecule has 32 heteroatoms. The van der Waals surface area contributed by atoms with Crippen molar-refractivity contribution in [3.05, 3.63) is 485 Å². The number of H-pyrrole nitrogens is 10. The molecule has 0 amide bonds. The number of furan rings is 1. The van der Waals surface area contributed by atoms with Crippen LogP contribution >= 0.6 is 11.3 Å². The van der Waals surface area contributed by atoms with Crippen molar-refractivity contribution >= 4 is 167 Å². The Labute approximate surface area is 827 Å². The zero-order chi connectivity index (χ0) is 97.7. The van der Waals surface area contributed by atoms with Crippen LogP contribution in [0.5, 0.6) is 0 Å². The van der Waals surface area contributed by atoms with Gasteiger partial charge in [-0.3, -0.25) is 59.8 Å². The number of thiophene rings is 1. The van der Waals surface area contributed by atoms with E-state index in [-0.39, 0.29) is 0 Å². The number of para-hydroxylation sites is 8. The molecule has 0 fully saturated rings. The molecular formula is C112H94N30OS. The molecule has 144 heavy (non-hydrogen) atoms. The van der Waals surface area contributed by atoms with Crippen LogP contribution in [-0.4, -0.2) is 155 Å². The van der Waals surface area contributed by atoms with Gasteiger partial charge in [0, 0.05) is 201 Å². The number of aromatic amines is 10. The molecule has 4 aliphatic heterocycles. The van der Waals surface area contributed by atoms with Gasteiger partial charge in [0.25, 0.3) is 0 Å². The largest absolute Gasteiger partial charge is 0.464 e. The zero-order valence-corrected chi connectivity index (χ0v) is 78.3. The third-order valence-corrected chi connectivity index (χ3v) is 22.4. The molecule has 32 rings (SSSR count). The van der Waals surface area contributed by atoms with Crippen LogP contribution in [0, 0.1) is 0 Å². The molecule has 28 aromatic rings. The topological polar surface area (TPSA) is 427 Å². The number of fused-ring (bicyclic) bond motifs is 16. The fourth-order valence-electron chi connectivity index (χ4n) is 14.2. The van der Waals surface area contributed by atoms with Crippen LogP contribution in [-0.2, 0) is 26.2 Å². The lowest BCUT2D eigenvalue weighted by molar-refractivity contribution is 0.616. The normalized spacial score (nSPS) is 11.1. The molecule has 704 valence electrons. The van der Waals surface area contributed by atoms with E-state index in [1.165, 1.54) is 48.6 Å². The molecule has 0 atom stereocenters. The Morgan fingerprint density at radius 2 is 0.750 bits per heavy atom. The first-order valence-electron chi connectivity index (χ1n) is 45.6.